The SMILES string of the molecule is CC(C)CC(N=Cc1cccnc1)C(=O)O. The summed E-state index contributed by atoms with van der Waals surface area (Å²) >= 11 is 0. The molecule has 4 nitrogen and oxygen atoms in total. The van der Waals surface area contributed by atoms with Crippen molar-refractivity contribution in [3.63, 3.8) is 0 Å². The molecule has 0 saturated carbocycles. The molecule has 0 bridgehead atoms. The van der Waals surface area contributed by atoms with E-state index in [1.54, 1.807) is 24.7 Å². The van der Waals surface area contributed by atoms with Crippen LogP contribution in [0, 0.1) is 5.92 Å². The Balaban J connectivity index is 2.68. The minimum absolute atomic E-state index is 0.312. The van der Waals surface area contributed by atoms with E-state index in [4.69, 9.17) is 5.11 Å². The summed E-state index contributed by atoms with van der Waals surface area (Å²) in [6.45, 7) is 3.96. The number of hydrogen-bond acceptors (Lipinski definition) is 3. The second-order valence-corrected chi connectivity index (χ2v) is 4.05. The number of aliphatic imine (C=N–C) groups is 1. The normalized spacial score (nSPS) is 13.2. The van der Waals surface area contributed by atoms with Crippen molar-refractivity contribution in [2.45, 2.75) is 26.3 Å². The molecule has 1 heterocycles. The molecule has 1 rings (SSSR count). The van der Waals surface area contributed by atoms with Crippen LogP contribution in [0.4, 0.5) is 0 Å². The van der Waals surface area contributed by atoms with Gasteiger partial charge < -0.3 is 5.11 Å². The Morgan fingerprint density at radius 2 is 2.38 bits per heavy atom. The molecule has 0 aliphatic rings. The summed E-state index contributed by atoms with van der Waals surface area (Å²) in [7, 11) is 0. The van der Waals surface area contributed by atoms with E-state index in [0.29, 0.717) is 12.3 Å². The van der Waals surface area contributed by atoms with E-state index in [1.165, 1.54) is 0 Å². The fourth-order valence-electron chi connectivity index (χ4n) is 1.30. The third kappa shape index (κ3) is 4.21. The van der Waals surface area contributed by atoms with E-state index in [-0.39, 0.29) is 0 Å². The van der Waals surface area contributed by atoms with Gasteiger partial charge in [0.2, 0.25) is 0 Å². The number of carboxylic acids is 1. The maximum Gasteiger partial charge on any atom is 0.328 e. The standard InChI is InChI=1S/C12H16N2O2/c1-9(2)6-11(12(15)16)14-8-10-4-3-5-13-7-10/h3-5,7-9,11H,6H2,1-2H3,(H,15,16). The molecule has 16 heavy (non-hydrogen) atoms. The minimum Gasteiger partial charge on any atom is -0.480 e. The van der Waals surface area contributed by atoms with Crippen LogP contribution in [0.2, 0.25) is 0 Å². The van der Waals surface area contributed by atoms with Gasteiger partial charge in [-0.3, -0.25) is 9.98 Å². The van der Waals surface area contributed by atoms with Crippen molar-refractivity contribution in [1.82, 2.24) is 4.98 Å². The predicted octanol–water partition coefficient (Wildman–Crippen LogP) is 2.00. The maximum atomic E-state index is 10.9. The van der Waals surface area contributed by atoms with E-state index in [0.717, 1.165) is 5.56 Å². The highest BCUT2D eigenvalue weighted by molar-refractivity contribution is 5.82. The zero-order valence-corrected chi connectivity index (χ0v) is 9.50. The molecule has 1 N–H and O–H groups in total. The molecular formula is C12H16N2O2. The molecule has 0 aliphatic heterocycles. The average molecular weight is 220 g/mol. The second kappa shape index (κ2) is 6.00. The van der Waals surface area contributed by atoms with Crippen LogP contribution in [0.1, 0.15) is 25.8 Å². The van der Waals surface area contributed by atoms with Gasteiger partial charge in [-0.25, -0.2) is 4.79 Å². The van der Waals surface area contributed by atoms with Gasteiger partial charge in [0.25, 0.3) is 0 Å². The highest BCUT2D eigenvalue weighted by atomic mass is 16.4. The number of nitrogens with zero attached hydrogens (tertiary/aromatic N) is 2. The number of carbonyl (C=O) groups is 1. The van der Waals surface area contributed by atoms with Crippen molar-refractivity contribution in [1.29, 1.82) is 0 Å². The van der Waals surface area contributed by atoms with Gasteiger partial charge in [-0.1, -0.05) is 19.9 Å². The van der Waals surface area contributed by atoms with Crippen molar-refractivity contribution < 1.29 is 9.90 Å². The fourth-order valence-corrected chi connectivity index (χ4v) is 1.30. The van der Waals surface area contributed by atoms with E-state index < -0.39 is 12.0 Å². The van der Waals surface area contributed by atoms with E-state index >= 15 is 0 Å². The lowest BCUT2D eigenvalue weighted by molar-refractivity contribution is -0.138. The lowest BCUT2D eigenvalue weighted by atomic mass is 10.0. The van der Waals surface area contributed by atoms with Crippen LogP contribution >= 0.6 is 0 Å². The van der Waals surface area contributed by atoms with Gasteiger partial charge in [0.05, 0.1) is 0 Å². The van der Waals surface area contributed by atoms with Gasteiger partial charge in [0.15, 0.2) is 0 Å². The number of aliphatic carboxylic acids is 1. The van der Waals surface area contributed by atoms with E-state index in [1.807, 2.05) is 19.9 Å². The van der Waals surface area contributed by atoms with Crippen molar-refractivity contribution >= 4 is 12.2 Å². The topological polar surface area (TPSA) is 62.5 Å². The molecule has 1 aromatic heterocycles. The Morgan fingerprint density at radius 3 is 2.88 bits per heavy atom. The third-order valence-corrected chi connectivity index (χ3v) is 2.07. The zero-order valence-electron chi connectivity index (χ0n) is 9.50. The largest absolute Gasteiger partial charge is 0.480 e. The molecule has 0 spiro atoms. The van der Waals surface area contributed by atoms with Crippen LogP contribution < -0.4 is 0 Å². The Morgan fingerprint density at radius 1 is 1.62 bits per heavy atom. The van der Waals surface area contributed by atoms with Gasteiger partial charge in [-0.15, -0.1) is 0 Å². The monoisotopic (exact) mass is 220 g/mol. The summed E-state index contributed by atoms with van der Waals surface area (Å²) < 4.78 is 0. The number of pyridine rings is 1. The Kier molecular flexibility index (Phi) is 4.64. The summed E-state index contributed by atoms with van der Waals surface area (Å²) in [5.41, 5.74) is 0.817. The zero-order chi connectivity index (χ0) is 12.0. The molecule has 0 aromatic carbocycles. The first-order valence-corrected chi connectivity index (χ1v) is 5.25. The van der Waals surface area contributed by atoms with Crippen LogP contribution in [-0.4, -0.2) is 28.3 Å². The first kappa shape index (κ1) is 12.4. The smallest absolute Gasteiger partial charge is 0.328 e. The number of carboxylic acid groups (broad SMARTS) is 1. The maximum absolute atomic E-state index is 10.9. The first-order chi connectivity index (χ1) is 7.59. The summed E-state index contributed by atoms with van der Waals surface area (Å²) in [5.74, 6) is -0.569. The number of aromatic nitrogens is 1. The Hall–Kier alpha value is -1.71. The second-order valence-electron chi connectivity index (χ2n) is 4.05. The van der Waals surface area contributed by atoms with Gasteiger partial charge in [-0.2, -0.15) is 0 Å². The van der Waals surface area contributed by atoms with Gasteiger partial charge in [-0.05, 0) is 18.4 Å². The molecule has 0 amide bonds. The van der Waals surface area contributed by atoms with Crippen molar-refractivity contribution in [2.24, 2.45) is 10.9 Å². The fraction of sp³-hybridized carbons (Fsp3) is 0.417. The lowest BCUT2D eigenvalue weighted by Gasteiger charge is -2.09. The van der Waals surface area contributed by atoms with Crippen molar-refractivity contribution in [3.8, 4) is 0 Å². The van der Waals surface area contributed by atoms with Crippen molar-refractivity contribution in [3.05, 3.63) is 30.1 Å². The molecule has 0 saturated heterocycles. The molecule has 1 unspecified atom stereocenters. The van der Waals surface area contributed by atoms with Crippen LogP contribution in [0.3, 0.4) is 0 Å². The summed E-state index contributed by atoms with van der Waals surface area (Å²) in [6, 6.07) is 2.96. The predicted molar refractivity (Wildman–Crippen MR) is 62.7 cm³/mol. The number of rotatable bonds is 5. The third-order valence-electron chi connectivity index (χ3n) is 2.07. The quantitative estimate of drug-likeness (QED) is 0.772. The molecule has 0 aliphatic carbocycles. The molecule has 0 radical (unpaired) electrons. The minimum atomic E-state index is -0.881. The van der Waals surface area contributed by atoms with E-state index in [9.17, 15) is 4.79 Å². The first-order valence-electron chi connectivity index (χ1n) is 5.25. The highest BCUT2D eigenvalue weighted by Crippen LogP contribution is 2.08. The molecule has 1 atom stereocenters. The summed E-state index contributed by atoms with van der Waals surface area (Å²) in [4.78, 5) is 18.9. The molecule has 1 aromatic rings. The molecule has 0 fully saturated rings. The Labute approximate surface area is 95.1 Å². The van der Waals surface area contributed by atoms with Crippen LogP contribution in [0.25, 0.3) is 0 Å². The average Bonchev–Trinajstić information content (AvgIpc) is 2.25. The van der Waals surface area contributed by atoms with Crippen LogP contribution in [-0.2, 0) is 4.79 Å². The van der Waals surface area contributed by atoms with Gasteiger partial charge in [0, 0.05) is 24.2 Å². The molecule has 4 heteroatoms. The van der Waals surface area contributed by atoms with Crippen LogP contribution in [0.15, 0.2) is 29.5 Å². The van der Waals surface area contributed by atoms with Crippen molar-refractivity contribution in [2.75, 3.05) is 0 Å². The summed E-state index contributed by atoms with van der Waals surface area (Å²) in [6.07, 6.45) is 5.43. The molecule has 86 valence electrons. The van der Waals surface area contributed by atoms with E-state index in [2.05, 4.69) is 9.98 Å². The highest BCUT2D eigenvalue weighted by Gasteiger charge is 2.16. The summed E-state index contributed by atoms with van der Waals surface area (Å²) in [5, 5.41) is 8.97. The van der Waals surface area contributed by atoms with Gasteiger partial charge >= 0.3 is 5.97 Å². The lowest BCUT2D eigenvalue weighted by Crippen LogP contribution is -2.20. The Bertz CT molecular complexity index is 361. The van der Waals surface area contributed by atoms with Crippen LogP contribution in [0.5, 0.6) is 0 Å². The van der Waals surface area contributed by atoms with Gasteiger partial charge in [0.1, 0.15) is 6.04 Å². The molecular weight excluding hydrogens is 204 g/mol. The number of hydrogen-bond donors (Lipinski definition) is 1.